The molecule has 2 aromatic carbocycles. The van der Waals surface area contributed by atoms with E-state index >= 15 is 0 Å². The Labute approximate surface area is 105 Å². The van der Waals surface area contributed by atoms with Crippen molar-refractivity contribution in [2.45, 2.75) is 6.92 Å². The molecular formula is C16H12FN. The van der Waals surface area contributed by atoms with E-state index in [0.29, 0.717) is 5.52 Å². The highest BCUT2D eigenvalue weighted by molar-refractivity contribution is 5.83. The number of aryl methyl sites for hydroxylation is 1. The summed E-state index contributed by atoms with van der Waals surface area (Å²) >= 11 is 0. The molecule has 1 aromatic heterocycles. The number of para-hydroxylation sites is 1. The van der Waals surface area contributed by atoms with E-state index in [1.807, 2.05) is 49.4 Å². The lowest BCUT2D eigenvalue weighted by atomic mass is 10.0. The van der Waals surface area contributed by atoms with Crippen LogP contribution in [0.15, 0.2) is 54.6 Å². The number of hydrogen-bond acceptors (Lipinski definition) is 1. The van der Waals surface area contributed by atoms with Crippen LogP contribution < -0.4 is 0 Å². The summed E-state index contributed by atoms with van der Waals surface area (Å²) in [5, 5.41) is 0.840. The van der Waals surface area contributed by atoms with Crippen molar-refractivity contribution < 1.29 is 4.39 Å². The largest absolute Gasteiger partial charge is 0.244 e. The van der Waals surface area contributed by atoms with Gasteiger partial charge in [-0.15, -0.1) is 0 Å². The Morgan fingerprint density at radius 3 is 2.50 bits per heavy atom. The number of halogens is 1. The summed E-state index contributed by atoms with van der Waals surface area (Å²) in [6.07, 6.45) is 0. The van der Waals surface area contributed by atoms with Crippen molar-refractivity contribution in [3.63, 3.8) is 0 Å². The fraction of sp³-hybridized carbons (Fsp3) is 0.0625. The van der Waals surface area contributed by atoms with Gasteiger partial charge in [0, 0.05) is 10.9 Å². The quantitative estimate of drug-likeness (QED) is 0.613. The van der Waals surface area contributed by atoms with Crippen LogP contribution >= 0.6 is 0 Å². The van der Waals surface area contributed by atoms with Gasteiger partial charge in [-0.1, -0.05) is 42.5 Å². The predicted octanol–water partition coefficient (Wildman–Crippen LogP) is 4.35. The molecule has 0 unspecified atom stereocenters. The minimum atomic E-state index is -0.273. The van der Waals surface area contributed by atoms with Gasteiger partial charge in [-0.25, -0.2) is 9.37 Å². The topological polar surface area (TPSA) is 12.9 Å². The van der Waals surface area contributed by atoms with Crippen molar-refractivity contribution in [2.75, 3.05) is 0 Å². The number of nitrogens with zero attached hydrogens (tertiary/aromatic N) is 1. The van der Waals surface area contributed by atoms with Crippen molar-refractivity contribution in [1.82, 2.24) is 4.98 Å². The van der Waals surface area contributed by atoms with E-state index in [4.69, 9.17) is 0 Å². The average Bonchev–Trinajstić information content (AvgIpc) is 2.39. The molecule has 1 nitrogen and oxygen atoms in total. The summed E-state index contributed by atoms with van der Waals surface area (Å²) < 4.78 is 13.8. The van der Waals surface area contributed by atoms with Crippen molar-refractivity contribution >= 4 is 10.9 Å². The molecule has 0 radical (unpaired) electrons. The first-order valence-corrected chi connectivity index (χ1v) is 5.87. The number of rotatable bonds is 1. The zero-order valence-electron chi connectivity index (χ0n) is 10.0. The molecule has 0 N–H and O–H groups in total. The first-order chi connectivity index (χ1) is 8.75. The molecule has 88 valence electrons. The molecular weight excluding hydrogens is 225 g/mol. The van der Waals surface area contributed by atoms with E-state index in [1.54, 1.807) is 6.07 Å². The Morgan fingerprint density at radius 2 is 1.72 bits per heavy atom. The van der Waals surface area contributed by atoms with Crippen LogP contribution in [0.2, 0.25) is 0 Å². The van der Waals surface area contributed by atoms with Gasteiger partial charge >= 0.3 is 0 Å². The van der Waals surface area contributed by atoms with E-state index in [9.17, 15) is 4.39 Å². The van der Waals surface area contributed by atoms with Crippen LogP contribution in [0.5, 0.6) is 0 Å². The van der Waals surface area contributed by atoms with Gasteiger partial charge in [0.15, 0.2) is 0 Å². The molecule has 1 heterocycles. The molecule has 0 saturated heterocycles. The highest BCUT2D eigenvalue weighted by atomic mass is 19.1. The summed E-state index contributed by atoms with van der Waals surface area (Å²) in [6, 6.07) is 16.9. The molecule has 0 aliphatic carbocycles. The molecule has 18 heavy (non-hydrogen) atoms. The zero-order valence-corrected chi connectivity index (χ0v) is 10.0. The van der Waals surface area contributed by atoms with Crippen molar-refractivity contribution in [1.29, 1.82) is 0 Å². The van der Waals surface area contributed by atoms with Crippen LogP contribution in [0.4, 0.5) is 4.39 Å². The maximum Gasteiger partial charge on any atom is 0.149 e. The van der Waals surface area contributed by atoms with Gasteiger partial charge < -0.3 is 0 Å². The van der Waals surface area contributed by atoms with E-state index < -0.39 is 0 Å². The Bertz CT molecular complexity index is 705. The Kier molecular flexibility index (Phi) is 2.56. The van der Waals surface area contributed by atoms with Gasteiger partial charge in [0.05, 0.1) is 5.69 Å². The lowest BCUT2D eigenvalue weighted by Gasteiger charge is -2.07. The molecule has 2 heteroatoms. The molecule has 0 amide bonds. The third kappa shape index (κ3) is 1.76. The molecule has 0 spiro atoms. The van der Waals surface area contributed by atoms with Crippen LogP contribution in [-0.4, -0.2) is 4.98 Å². The second kappa shape index (κ2) is 4.22. The fourth-order valence-electron chi connectivity index (χ4n) is 2.16. The van der Waals surface area contributed by atoms with Crippen molar-refractivity contribution in [2.24, 2.45) is 0 Å². The van der Waals surface area contributed by atoms with E-state index in [0.717, 1.165) is 22.2 Å². The minimum Gasteiger partial charge on any atom is -0.244 e. The second-order valence-corrected chi connectivity index (χ2v) is 4.33. The highest BCUT2D eigenvalue weighted by Gasteiger charge is 2.08. The smallest absolute Gasteiger partial charge is 0.149 e. The maximum atomic E-state index is 13.8. The fourth-order valence-corrected chi connectivity index (χ4v) is 2.16. The van der Waals surface area contributed by atoms with Crippen LogP contribution in [0.3, 0.4) is 0 Å². The van der Waals surface area contributed by atoms with Gasteiger partial charge in [-0.2, -0.15) is 0 Å². The molecule has 0 aliphatic rings. The van der Waals surface area contributed by atoms with Crippen molar-refractivity contribution in [3.05, 3.63) is 66.0 Å². The van der Waals surface area contributed by atoms with E-state index in [-0.39, 0.29) is 5.82 Å². The van der Waals surface area contributed by atoms with Gasteiger partial charge in [0.2, 0.25) is 0 Å². The number of fused-ring (bicyclic) bond motifs is 1. The van der Waals surface area contributed by atoms with Crippen LogP contribution in [0.25, 0.3) is 22.2 Å². The van der Waals surface area contributed by atoms with Gasteiger partial charge in [0.1, 0.15) is 11.3 Å². The summed E-state index contributed by atoms with van der Waals surface area (Å²) in [7, 11) is 0. The molecule has 3 rings (SSSR count). The Morgan fingerprint density at radius 1 is 0.944 bits per heavy atom. The standard InChI is InChI=1S/C16H12FN/c1-11-10-13-8-5-9-14(17)16(13)18-15(11)12-6-3-2-4-7-12/h2-10H,1H3. The van der Waals surface area contributed by atoms with Crippen LogP contribution in [0.1, 0.15) is 5.56 Å². The Balaban J connectivity index is 2.31. The maximum absolute atomic E-state index is 13.8. The molecule has 0 aliphatic heterocycles. The molecule has 0 saturated carbocycles. The number of pyridine rings is 1. The average molecular weight is 237 g/mol. The van der Waals surface area contributed by atoms with Gasteiger partial charge in [-0.3, -0.25) is 0 Å². The second-order valence-electron chi connectivity index (χ2n) is 4.33. The first-order valence-electron chi connectivity index (χ1n) is 5.87. The van der Waals surface area contributed by atoms with Crippen molar-refractivity contribution in [3.8, 4) is 11.3 Å². The summed E-state index contributed by atoms with van der Waals surface area (Å²) in [4.78, 5) is 4.47. The lowest BCUT2D eigenvalue weighted by Crippen LogP contribution is -1.92. The monoisotopic (exact) mass is 237 g/mol. The normalized spacial score (nSPS) is 10.8. The number of aromatic nitrogens is 1. The van der Waals surface area contributed by atoms with Gasteiger partial charge in [0.25, 0.3) is 0 Å². The van der Waals surface area contributed by atoms with Crippen LogP contribution in [-0.2, 0) is 0 Å². The third-order valence-corrected chi connectivity index (χ3v) is 3.03. The number of hydrogen-bond donors (Lipinski definition) is 0. The molecule has 0 atom stereocenters. The summed E-state index contributed by atoms with van der Waals surface area (Å²) in [5.41, 5.74) is 3.34. The highest BCUT2D eigenvalue weighted by Crippen LogP contribution is 2.25. The van der Waals surface area contributed by atoms with Gasteiger partial charge in [-0.05, 0) is 24.6 Å². The van der Waals surface area contributed by atoms with Crippen LogP contribution in [0, 0.1) is 12.7 Å². The number of benzene rings is 2. The zero-order chi connectivity index (χ0) is 12.5. The minimum absolute atomic E-state index is 0.273. The predicted molar refractivity (Wildman–Crippen MR) is 71.9 cm³/mol. The third-order valence-electron chi connectivity index (χ3n) is 3.03. The molecule has 0 bridgehead atoms. The Hall–Kier alpha value is -2.22. The summed E-state index contributed by atoms with van der Waals surface area (Å²) in [5.74, 6) is -0.273. The SMILES string of the molecule is Cc1cc2cccc(F)c2nc1-c1ccccc1. The molecule has 3 aromatic rings. The first kappa shape index (κ1) is 10.9. The molecule has 0 fully saturated rings. The van der Waals surface area contributed by atoms with E-state index in [1.165, 1.54) is 6.07 Å². The summed E-state index contributed by atoms with van der Waals surface area (Å²) in [6.45, 7) is 2.00. The van der Waals surface area contributed by atoms with E-state index in [2.05, 4.69) is 4.98 Å². The lowest BCUT2D eigenvalue weighted by molar-refractivity contribution is 0.637.